The van der Waals surface area contributed by atoms with E-state index in [9.17, 15) is 22.8 Å². The van der Waals surface area contributed by atoms with Crippen molar-refractivity contribution in [1.29, 1.82) is 0 Å². The summed E-state index contributed by atoms with van der Waals surface area (Å²) in [7, 11) is 1.27. The molecule has 3 rings (SSSR count). The van der Waals surface area contributed by atoms with Crippen LogP contribution in [-0.2, 0) is 4.79 Å². The van der Waals surface area contributed by atoms with Crippen molar-refractivity contribution in [2.45, 2.75) is 38.7 Å². The maximum atomic E-state index is 13.4. The van der Waals surface area contributed by atoms with E-state index < -0.39 is 24.1 Å². The first-order valence-electron chi connectivity index (χ1n) is 9.55. The zero-order valence-electron chi connectivity index (χ0n) is 17.5. The van der Waals surface area contributed by atoms with Crippen LogP contribution in [0.1, 0.15) is 35.8 Å². The number of rotatable bonds is 6. The average Bonchev–Trinajstić information content (AvgIpc) is 3.34. The highest BCUT2D eigenvalue weighted by Gasteiger charge is 2.41. The highest BCUT2D eigenvalue weighted by Crippen LogP contribution is 2.35. The molecule has 7 nitrogen and oxygen atoms in total. The fraction of sp³-hybridized carbons (Fsp3) is 0.381. The standard InChI is InChI=1S/C21H20F3N3O4S/c1-5-18-25-16(11-32-18)19(28)27(17-6-7-26(12(2)3)20(17)29)13-8-14(30-4)10-15(9-13)31-21(22,23)24/h1,8-12,17H,6-7H2,2-4H3/t17-/m0/s1. The Kier molecular flexibility index (Phi) is 6.64. The van der Waals surface area contributed by atoms with Gasteiger partial charge in [-0.25, -0.2) is 4.98 Å². The Labute approximate surface area is 186 Å². The van der Waals surface area contributed by atoms with Gasteiger partial charge in [-0.05, 0) is 26.2 Å². The van der Waals surface area contributed by atoms with Gasteiger partial charge in [0.05, 0.1) is 12.8 Å². The van der Waals surface area contributed by atoms with Crippen molar-refractivity contribution >= 4 is 28.8 Å². The Morgan fingerprint density at radius 3 is 2.56 bits per heavy atom. The number of methoxy groups -OCH3 is 1. The first-order valence-corrected chi connectivity index (χ1v) is 10.4. The van der Waals surface area contributed by atoms with Crippen LogP contribution in [0, 0.1) is 12.3 Å². The van der Waals surface area contributed by atoms with Crippen molar-refractivity contribution in [3.63, 3.8) is 0 Å². The lowest BCUT2D eigenvalue weighted by molar-refractivity contribution is -0.274. The summed E-state index contributed by atoms with van der Waals surface area (Å²) in [4.78, 5) is 33.3. The molecular weight excluding hydrogens is 447 g/mol. The van der Waals surface area contributed by atoms with Crippen molar-refractivity contribution in [3.05, 3.63) is 34.3 Å². The number of carbonyl (C=O) groups excluding carboxylic acids is 2. The number of terminal acetylenes is 1. The largest absolute Gasteiger partial charge is 0.573 e. The van der Waals surface area contributed by atoms with Gasteiger partial charge in [-0.2, -0.15) is 0 Å². The molecule has 2 amide bonds. The molecule has 0 saturated carbocycles. The molecule has 170 valence electrons. The Hall–Kier alpha value is -3.26. The third-order valence-corrected chi connectivity index (χ3v) is 5.60. The number of thiazole rings is 1. The fourth-order valence-corrected chi connectivity index (χ4v) is 4.04. The molecule has 1 atom stereocenters. The Balaban J connectivity index is 2.10. The molecule has 0 spiro atoms. The van der Waals surface area contributed by atoms with Crippen molar-refractivity contribution in [2.24, 2.45) is 0 Å². The maximum Gasteiger partial charge on any atom is 0.573 e. The number of hydrogen-bond donors (Lipinski definition) is 0. The van der Waals surface area contributed by atoms with E-state index in [1.807, 2.05) is 13.8 Å². The first-order chi connectivity index (χ1) is 15.0. The molecule has 2 heterocycles. The second-order valence-electron chi connectivity index (χ2n) is 7.20. The van der Waals surface area contributed by atoms with Gasteiger partial charge in [-0.1, -0.05) is 0 Å². The van der Waals surface area contributed by atoms with E-state index in [1.54, 1.807) is 4.90 Å². The summed E-state index contributed by atoms with van der Waals surface area (Å²) in [5, 5.41) is 1.71. The minimum absolute atomic E-state index is 0.00723. The highest BCUT2D eigenvalue weighted by molar-refractivity contribution is 7.10. The zero-order valence-corrected chi connectivity index (χ0v) is 18.3. The molecule has 1 aliphatic heterocycles. The Morgan fingerprint density at radius 1 is 1.34 bits per heavy atom. The van der Waals surface area contributed by atoms with Crippen LogP contribution in [0.4, 0.5) is 18.9 Å². The van der Waals surface area contributed by atoms with Gasteiger partial charge in [0.1, 0.15) is 23.2 Å². The van der Waals surface area contributed by atoms with Crippen molar-refractivity contribution in [1.82, 2.24) is 9.88 Å². The van der Waals surface area contributed by atoms with E-state index in [1.165, 1.54) is 18.6 Å². The molecule has 1 saturated heterocycles. The summed E-state index contributed by atoms with van der Waals surface area (Å²) in [6.45, 7) is 4.08. The molecule has 0 unspecified atom stereocenters. The van der Waals surface area contributed by atoms with E-state index in [2.05, 4.69) is 15.6 Å². The zero-order chi connectivity index (χ0) is 23.6. The lowest BCUT2D eigenvalue weighted by Gasteiger charge is -2.29. The molecule has 11 heteroatoms. The number of nitrogens with zero attached hydrogens (tertiary/aromatic N) is 3. The summed E-state index contributed by atoms with van der Waals surface area (Å²) in [5.41, 5.74) is -0.00679. The number of ether oxygens (including phenoxy) is 2. The number of carbonyl (C=O) groups is 2. The Morgan fingerprint density at radius 2 is 2.03 bits per heavy atom. The molecule has 1 fully saturated rings. The number of amides is 2. The third-order valence-electron chi connectivity index (χ3n) is 4.82. The van der Waals surface area contributed by atoms with Gasteiger partial charge in [-0.3, -0.25) is 14.5 Å². The van der Waals surface area contributed by atoms with E-state index in [0.29, 0.717) is 13.0 Å². The van der Waals surface area contributed by atoms with Gasteiger partial charge in [0.2, 0.25) is 5.91 Å². The van der Waals surface area contributed by atoms with Gasteiger partial charge in [0.15, 0.2) is 5.01 Å². The normalized spacial score (nSPS) is 16.2. The van der Waals surface area contributed by atoms with E-state index in [-0.39, 0.29) is 34.1 Å². The van der Waals surface area contributed by atoms with Crippen LogP contribution in [0.3, 0.4) is 0 Å². The molecule has 1 aliphatic rings. The van der Waals surface area contributed by atoms with Gasteiger partial charge < -0.3 is 14.4 Å². The summed E-state index contributed by atoms with van der Waals surface area (Å²) >= 11 is 1.07. The fourth-order valence-electron chi connectivity index (χ4n) is 3.45. The van der Waals surface area contributed by atoms with E-state index >= 15 is 0 Å². The minimum atomic E-state index is -4.95. The molecule has 0 aliphatic carbocycles. The van der Waals surface area contributed by atoms with E-state index in [4.69, 9.17) is 11.2 Å². The van der Waals surface area contributed by atoms with Crippen molar-refractivity contribution < 1.29 is 32.2 Å². The number of alkyl halides is 3. The van der Waals surface area contributed by atoms with Gasteiger partial charge >= 0.3 is 6.36 Å². The summed E-state index contributed by atoms with van der Waals surface area (Å²) in [6, 6.07) is 2.39. The lowest BCUT2D eigenvalue weighted by atomic mass is 10.1. The summed E-state index contributed by atoms with van der Waals surface area (Å²) in [6.07, 6.45) is 0.677. The Bertz CT molecular complexity index is 1060. The van der Waals surface area contributed by atoms with Crippen LogP contribution < -0.4 is 14.4 Å². The molecule has 2 aromatic rings. The summed E-state index contributed by atoms with van der Waals surface area (Å²) < 4.78 is 47.7. The topological polar surface area (TPSA) is 72.0 Å². The molecule has 32 heavy (non-hydrogen) atoms. The predicted octanol–water partition coefficient (Wildman–Crippen LogP) is 3.69. The second-order valence-corrected chi connectivity index (χ2v) is 8.06. The smallest absolute Gasteiger partial charge is 0.497 e. The van der Waals surface area contributed by atoms with Gasteiger partial charge in [0, 0.05) is 36.2 Å². The quantitative estimate of drug-likeness (QED) is 0.606. The van der Waals surface area contributed by atoms with Crippen molar-refractivity contribution in [3.8, 4) is 23.8 Å². The lowest BCUT2D eigenvalue weighted by Crippen LogP contribution is -2.47. The molecule has 0 bridgehead atoms. The maximum absolute atomic E-state index is 13.4. The number of hydrogen-bond acceptors (Lipinski definition) is 6. The first kappa shape index (κ1) is 23.4. The van der Waals surface area contributed by atoms with Crippen LogP contribution in [0.2, 0.25) is 0 Å². The third kappa shape index (κ3) is 4.96. The molecule has 0 radical (unpaired) electrons. The van der Waals surface area contributed by atoms with Crippen LogP contribution in [0.15, 0.2) is 23.6 Å². The van der Waals surface area contributed by atoms with Crippen LogP contribution in [0.25, 0.3) is 0 Å². The van der Waals surface area contributed by atoms with E-state index in [0.717, 1.165) is 28.4 Å². The monoisotopic (exact) mass is 467 g/mol. The number of halogens is 3. The molecule has 1 aromatic heterocycles. The van der Waals surface area contributed by atoms with Crippen molar-refractivity contribution in [2.75, 3.05) is 18.6 Å². The average molecular weight is 467 g/mol. The molecular formula is C21H20F3N3O4S. The summed E-state index contributed by atoms with van der Waals surface area (Å²) in [5.74, 6) is 0.781. The highest BCUT2D eigenvalue weighted by atomic mass is 32.1. The number of aromatic nitrogens is 1. The minimum Gasteiger partial charge on any atom is -0.497 e. The molecule has 1 aromatic carbocycles. The van der Waals surface area contributed by atoms with Crippen LogP contribution in [-0.4, -0.2) is 53.8 Å². The number of likely N-dealkylation sites (tertiary alicyclic amines) is 1. The predicted molar refractivity (Wildman–Crippen MR) is 112 cm³/mol. The second kappa shape index (κ2) is 9.08. The SMILES string of the molecule is C#Cc1nc(C(=O)N(c2cc(OC)cc(OC(F)(F)F)c2)[C@H]2CCN(C(C)C)C2=O)cs1. The van der Waals surface area contributed by atoms with Gasteiger partial charge in [0.25, 0.3) is 5.91 Å². The molecule has 0 N–H and O–H groups in total. The number of benzene rings is 1. The number of anilines is 1. The van der Waals surface area contributed by atoms with Crippen LogP contribution >= 0.6 is 11.3 Å². The van der Waals surface area contributed by atoms with Gasteiger partial charge in [-0.15, -0.1) is 30.9 Å². The van der Waals surface area contributed by atoms with Crippen LogP contribution in [0.5, 0.6) is 11.5 Å².